The van der Waals surface area contributed by atoms with Gasteiger partial charge in [0, 0.05) is 30.6 Å². The SMILES string of the molecule is CCC(=O)c1n[nH]c2cc(-c3cc(F)c(O)cc3CC)nc(NCc3cc(Cl)ccc3N(C)S(C)(=O)=O)c12. The number of benzene rings is 2. The van der Waals surface area contributed by atoms with Gasteiger partial charge in [-0.3, -0.25) is 14.2 Å². The monoisotopic (exact) mass is 559 g/mol. The maximum atomic E-state index is 14.4. The number of hydrogen-bond donors (Lipinski definition) is 3. The van der Waals surface area contributed by atoms with Gasteiger partial charge in [-0.05, 0) is 53.9 Å². The van der Waals surface area contributed by atoms with Crippen molar-refractivity contribution in [1.82, 2.24) is 15.2 Å². The lowest BCUT2D eigenvalue weighted by molar-refractivity contribution is 0.0985. The van der Waals surface area contributed by atoms with Gasteiger partial charge in [0.25, 0.3) is 0 Å². The molecule has 2 heterocycles. The van der Waals surface area contributed by atoms with Crippen LogP contribution in [0, 0.1) is 5.82 Å². The Hall–Kier alpha value is -3.70. The fourth-order valence-corrected chi connectivity index (χ4v) is 4.91. The van der Waals surface area contributed by atoms with E-state index in [1.807, 2.05) is 6.92 Å². The van der Waals surface area contributed by atoms with E-state index >= 15 is 0 Å². The maximum Gasteiger partial charge on any atom is 0.232 e. The normalized spacial score (nSPS) is 11.6. The van der Waals surface area contributed by atoms with Crippen molar-refractivity contribution in [3.05, 3.63) is 64.1 Å². The Morgan fingerprint density at radius 1 is 1.18 bits per heavy atom. The lowest BCUT2D eigenvalue weighted by Crippen LogP contribution is -2.26. The molecule has 0 amide bonds. The number of sulfonamides is 1. The third-order valence-corrected chi connectivity index (χ3v) is 7.71. The van der Waals surface area contributed by atoms with Crippen LogP contribution < -0.4 is 9.62 Å². The largest absolute Gasteiger partial charge is 0.505 e. The molecule has 4 aromatic rings. The van der Waals surface area contributed by atoms with E-state index in [9.17, 15) is 22.7 Å². The second-order valence-corrected chi connectivity index (χ2v) is 11.2. The number of nitrogens with one attached hydrogen (secondary N) is 2. The van der Waals surface area contributed by atoms with Crippen LogP contribution in [0.3, 0.4) is 0 Å². The fourth-order valence-electron chi connectivity index (χ4n) is 4.18. The number of pyridine rings is 1. The Bertz CT molecular complexity index is 1660. The third-order valence-electron chi connectivity index (χ3n) is 6.28. The van der Waals surface area contributed by atoms with E-state index in [0.29, 0.717) is 56.2 Å². The summed E-state index contributed by atoms with van der Waals surface area (Å²) in [4.78, 5) is 17.4. The van der Waals surface area contributed by atoms with Crippen LogP contribution in [-0.2, 0) is 23.0 Å². The number of carbonyl (C=O) groups excluding carboxylic acids is 1. The van der Waals surface area contributed by atoms with Crippen molar-refractivity contribution in [2.24, 2.45) is 0 Å². The average Bonchev–Trinajstić information content (AvgIpc) is 3.31. The second kappa shape index (κ2) is 10.6. The molecule has 2 aromatic heterocycles. The molecule has 0 bridgehead atoms. The first-order valence-electron chi connectivity index (χ1n) is 11.8. The standard InChI is InChI=1S/C26H27ClFN5O4S/c1-5-14-10-23(35)18(28)11-17(14)19-12-20-24(25(32-31-20)22(34)6-2)26(30-19)29-13-15-9-16(27)7-8-21(15)33(3)38(4,36)37/h7-12,35H,5-6,13H2,1-4H3,(H,29,30)(H,31,32). The fraction of sp³-hybridized carbons (Fsp3) is 0.269. The van der Waals surface area contributed by atoms with Crippen LogP contribution in [0.1, 0.15) is 41.9 Å². The molecule has 38 heavy (non-hydrogen) atoms. The van der Waals surface area contributed by atoms with Gasteiger partial charge < -0.3 is 10.4 Å². The number of phenolic OH excluding ortho intramolecular Hbond substituents is 1. The zero-order valence-electron chi connectivity index (χ0n) is 21.3. The minimum Gasteiger partial charge on any atom is -0.505 e. The Balaban J connectivity index is 1.87. The first-order chi connectivity index (χ1) is 17.9. The van der Waals surface area contributed by atoms with Gasteiger partial charge in [-0.15, -0.1) is 0 Å². The molecule has 0 saturated heterocycles. The zero-order chi connectivity index (χ0) is 27.8. The molecule has 9 nitrogen and oxygen atoms in total. The van der Waals surface area contributed by atoms with Gasteiger partial charge in [-0.25, -0.2) is 17.8 Å². The summed E-state index contributed by atoms with van der Waals surface area (Å²) in [5, 5.41) is 21.0. The summed E-state index contributed by atoms with van der Waals surface area (Å²) in [6.45, 7) is 3.71. The Morgan fingerprint density at radius 3 is 2.58 bits per heavy atom. The predicted molar refractivity (Wildman–Crippen MR) is 147 cm³/mol. The first-order valence-corrected chi connectivity index (χ1v) is 14.1. The molecule has 0 aliphatic rings. The highest BCUT2D eigenvalue weighted by molar-refractivity contribution is 7.92. The summed E-state index contributed by atoms with van der Waals surface area (Å²) >= 11 is 6.22. The van der Waals surface area contributed by atoms with Crippen LogP contribution >= 0.6 is 11.6 Å². The van der Waals surface area contributed by atoms with Crippen LogP contribution in [-0.4, -0.2) is 47.8 Å². The van der Waals surface area contributed by atoms with Gasteiger partial charge in [0.15, 0.2) is 17.3 Å². The number of anilines is 2. The molecule has 0 atom stereocenters. The van der Waals surface area contributed by atoms with Gasteiger partial charge in [0.1, 0.15) is 11.5 Å². The number of aryl methyl sites for hydroxylation is 1. The second-order valence-electron chi connectivity index (χ2n) is 8.80. The molecule has 2 aromatic carbocycles. The molecular formula is C26H27ClFN5O4S. The van der Waals surface area contributed by atoms with E-state index in [2.05, 4.69) is 15.5 Å². The number of aromatic amines is 1. The zero-order valence-corrected chi connectivity index (χ0v) is 22.8. The van der Waals surface area contributed by atoms with Gasteiger partial charge in [-0.1, -0.05) is 25.4 Å². The van der Waals surface area contributed by atoms with Crippen LogP contribution in [0.2, 0.25) is 5.02 Å². The number of phenols is 1. The summed E-state index contributed by atoms with van der Waals surface area (Å²) < 4.78 is 39.9. The molecule has 12 heteroatoms. The van der Waals surface area contributed by atoms with E-state index in [0.717, 1.165) is 10.6 Å². The minimum atomic E-state index is -3.55. The lowest BCUT2D eigenvalue weighted by Gasteiger charge is -2.21. The number of H-pyrrole nitrogens is 1. The van der Waals surface area contributed by atoms with Crippen molar-refractivity contribution in [1.29, 1.82) is 0 Å². The predicted octanol–water partition coefficient (Wildman–Crippen LogP) is 5.29. The topological polar surface area (TPSA) is 128 Å². The van der Waals surface area contributed by atoms with Crippen LogP contribution in [0.25, 0.3) is 22.2 Å². The molecule has 0 aliphatic heterocycles. The van der Waals surface area contributed by atoms with Gasteiger partial charge >= 0.3 is 0 Å². The van der Waals surface area contributed by atoms with E-state index in [-0.39, 0.29) is 24.4 Å². The Kier molecular flexibility index (Phi) is 7.61. The van der Waals surface area contributed by atoms with Gasteiger partial charge in [0.05, 0.1) is 28.5 Å². The van der Waals surface area contributed by atoms with Crippen molar-refractivity contribution in [2.75, 3.05) is 22.9 Å². The van der Waals surface area contributed by atoms with Crippen molar-refractivity contribution in [3.8, 4) is 17.0 Å². The molecule has 3 N–H and O–H groups in total. The third kappa shape index (κ3) is 5.30. The first kappa shape index (κ1) is 27.3. The molecule has 0 aliphatic carbocycles. The van der Waals surface area contributed by atoms with Gasteiger partial charge in [0.2, 0.25) is 10.0 Å². The minimum absolute atomic E-state index is 0.108. The highest BCUT2D eigenvalue weighted by atomic mass is 35.5. The summed E-state index contributed by atoms with van der Waals surface area (Å²) in [6.07, 6.45) is 1.84. The molecular weight excluding hydrogens is 533 g/mol. The number of ketones is 1. The molecule has 0 unspecified atom stereocenters. The number of rotatable bonds is 9. The Labute approximate surface area is 224 Å². The highest BCUT2D eigenvalue weighted by Crippen LogP contribution is 2.34. The summed E-state index contributed by atoms with van der Waals surface area (Å²) in [7, 11) is -2.10. The van der Waals surface area contributed by atoms with Crippen LogP contribution in [0.4, 0.5) is 15.9 Å². The summed E-state index contributed by atoms with van der Waals surface area (Å²) in [5.41, 5.74) is 3.25. The van der Waals surface area contributed by atoms with Crippen LogP contribution in [0.5, 0.6) is 5.75 Å². The quantitative estimate of drug-likeness (QED) is 0.238. The molecule has 0 radical (unpaired) electrons. The van der Waals surface area contributed by atoms with E-state index in [4.69, 9.17) is 16.6 Å². The number of nitrogens with zero attached hydrogens (tertiary/aromatic N) is 3. The number of hydrogen-bond acceptors (Lipinski definition) is 7. The van der Waals surface area contributed by atoms with E-state index in [1.54, 1.807) is 31.2 Å². The molecule has 200 valence electrons. The van der Waals surface area contributed by atoms with E-state index < -0.39 is 21.6 Å². The van der Waals surface area contributed by atoms with Crippen molar-refractivity contribution >= 4 is 49.8 Å². The average molecular weight is 560 g/mol. The van der Waals surface area contributed by atoms with Gasteiger partial charge in [-0.2, -0.15) is 5.10 Å². The molecule has 4 rings (SSSR count). The molecule has 0 saturated carbocycles. The number of aromatic hydroxyl groups is 1. The highest BCUT2D eigenvalue weighted by Gasteiger charge is 2.22. The number of carbonyl (C=O) groups is 1. The number of Topliss-reactive ketones (excluding diaryl/α,β-unsaturated/α-hetero) is 1. The summed E-state index contributed by atoms with van der Waals surface area (Å²) in [5.74, 6) is -1.14. The van der Waals surface area contributed by atoms with E-state index in [1.165, 1.54) is 19.2 Å². The molecule has 0 spiro atoms. The number of halogens is 2. The number of fused-ring (bicyclic) bond motifs is 1. The number of aromatic nitrogens is 3. The maximum absolute atomic E-state index is 14.4. The van der Waals surface area contributed by atoms with Crippen LogP contribution in [0.15, 0.2) is 36.4 Å². The summed E-state index contributed by atoms with van der Waals surface area (Å²) in [6, 6.07) is 9.10. The molecule has 0 fully saturated rings. The lowest BCUT2D eigenvalue weighted by atomic mass is 10.00. The van der Waals surface area contributed by atoms with Crippen molar-refractivity contribution in [3.63, 3.8) is 0 Å². The van der Waals surface area contributed by atoms with Crippen molar-refractivity contribution < 1.29 is 22.7 Å². The van der Waals surface area contributed by atoms with Crippen molar-refractivity contribution in [2.45, 2.75) is 33.2 Å². The smallest absolute Gasteiger partial charge is 0.232 e. The Morgan fingerprint density at radius 2 is 1.92 bits per heavy atom.